The number of carbonyl (C=O) groups is 2. The Hall–Kier alpha value is -4.53. The first-order valence-electron chi connectivity index (χ1n) is 10.8. The molecule has 0 spiro atoms. The van der Waals surface area contributed by atoms with E-state index in [1.807, 2.05) is 37.2 Å². The number of methoxy groups -OCH3 is 2. The van der Waals surface area contributed by atoms with Crippen molar-refractivity contribution in [3.8, 4) is 17.2 Å². The molecule has 0 atom stereocenters. The lowest BCUT2D eigenvalue weighted by Gasteiger charge is -2.13. The minimum atomic E-state index is -0.344. The molecule has 0 saturated carbocycles. The normalized spacial score (nSPS) is 10.5. The Morgan fingerprint density at radius 1 is 0.914 bits per heavy atom. The van der Waals surface area contributed by atoms with Crippen molar-refractivity contribution in [2.45, 2.75) is 0 Å². The molecule has 2 N–H and O–H groups in total. The molecule has 182 valence electrons. The van der Waals surface area contributed by atoms with E-state index in [1.165, 1.54) is 20.4 Å². The van der Waals surface area contributed by atoms with Gasteiger partial charge in [0.25, 0.3) is 11.8 Å². The molecule has 0 unspecified atom stereocenters. The van der Waals surface area contributed by atoms with E-state index < -0.39 is 0 Å². The quantitative estimate of drug-likeness (QED) is 0.343. The molecule has 35 heavy (non-hydrogen) atoms. The standard InChI is InChI=1S/C26H28N4O5/c1-30(2)20-9-7-8-19(15-20)26(32)29-27-16-18-12-13-23(24(14-18)34-4)35-17-25(31)28-21-10-5-6-11-22(21)33-3/h5-16H,17H2,1-4H3,(H,28,31)(H,29,32)/b27-16-. The maximum atomic E-state index is 12.4. The number of nitrogens with one attached hydrogen (secondary N) is 2. The summed E-state index contributed by atoms with van der Waals surface area (Å²) in [5.74, 6) is 0.703. The van der Waals surface area contributed by atoms with E-state index in [2.05, 4.69) is 15.8 Å². The summed E-state index contributed by atoms with van der Waals surface area (Å²) in [7, 11) is 6.84. The molecule has 0 saturated heterocycles. The van der Waals surface area contributed by atoms with Crippen molar-refractivity contribution in [1.82, 2.24) is 5.43 Å². The fourth-order valence-electron chi connectivity index (χ4n) is 3.12. The van der Waals surface area contributed by atoms with Crippen LogP contribution in [0, 0.1) is 0 Å². The van der Waals surface area contributed by atoms with Crippen molar-refractivity contribution < 1.29 is 23.8 Å². The van der Waals surface area contributed by atoms with Crippen molar-refractivity contribution in [3.05, 3.63) is 77.9 Å². The maximum absolute atomic E-state index is 12.4. The monoisotopic (exact) mass is 476 g/mol. The van der Waals surface area contributed by atoms with Crippen molar-refractivity contribution in [3.63, 3.8) is 0 Å². The maximum Gasteiger partial charge on any atom is 0.271 e. The van der Waals surface area contributed by atoms with E-state index in [-0.39, 0.29) is 18.4 Å². The van der Waals surface area contributed by atoms with E-state index >= 15 is 0 Å². The first kappa shape index (κ1) is 25.1. The van der Waals surface area contributed by atoms with Crippen LogP contribution in [0.5, 0.6) is 17.2 Å². The summed E-state index contributed by atoms with van der Waals surface area (Å²) in [5.41, 5.74) is 5.16. The summed E-state index contributed by atoms with van der Waals surface area (Å²) in [5, 5.41) is 6.77. The van der Waals surface area contributed by atoms with Crippen LogP contribution in [0.2, 0.25) is 0 Å². The zero-order valence-electron chi connectivity index (χ0n) is 20.1. The molecule has 9 nitrogen and oxygen atoms in total. The third kappa shape index (κ3) is 6.97. The predicted molar refractivity (Wildman–Crippen MR) is 136 cm³/mol. The summed E-state index contributed by atoms with van der Waals surface area (Å²) >= 11 is 0. The van der Waals surface area contributed by atoms with Gasteiger partial charge in [-0.2, -0.15) is 5.10 Å². The molecule has 3 aromatic carbocycles. The number of benzene rings is 3. The second-order valence-electron chi connectivity index (χ2n) is 7.59. The van der Waals surface area contributed by atoms with Crippen LogP contribution in [0.25, 0.3) is 0 Å². The third-order valence-electron chi connectivity index (χ3n) is 4.93. The number of hydrogen-bond acceptors (Lipinski definition) is 7. The lowest BCUT2D eigenvalue weighted by molar-refractivity contribution is -0.118. The first-order chi connectivity index (χ1) is 16.9. The first-order valence-corrected chi connectivity index (χ1v) is 10.8. The number of anilines is 2. The fraction of sp³-hybridized carbons (Fsp3) is 0.192. The van der Waals surface area contributed by atoms with Crippen LogP contribution < -0.4 is 29.9 Å². The van der Waals surface area contributed by atoms with Gasteiger partial charge in [-0.25, -0.2) is 5.43 Å². The van der Waals surface area contributed by atoms with E-state index in [0.717, 1.165) is 5.69 Å². The van der Waals surface area contributed by atoms with Gasteiger partial charge in [0.1, 0.15) is 5.75 Å². The molecule has 2 amide bonds. The molecule has 0 aromatic heterocycles. The molecule has 0 radical (unpaired) electrons. The Kier molecular flexibility index (Phi) is 8.66. The smallest absolute Gasteiger partial charge is 0.271 e. The van der Waals surface area contributed by atoms with E-state index in [1.54, 1.807) is 48.5 Å². The topological polar surface area (TPSA) is 101 Å². The Morgan fingerprint density at radius 3 is 2.43 bits per heavy atom. The highest BCUT2D eigenvalue weighted by Gasteiger charge is 2.11. The van der Waals surface area contributed by atoms with Crippen LogP contribution in [0.1, 0.15) is 15.9 Å². The van der Waals surface area contributed by atoms with E-state index in [0.29, 0.717) is 34.1 Å². The van der Waals surface area contributed by atoms with Gasteiger partial charge in [-0.15, -0.1) is 0 Å². The number of nitrogens with zero attached hydrogens (tertiary/aromatic N) is 2. The Balaban J connectivity index is 1.58. The summed E-state index contributed by atoms with van der Waals surface area (Å²) in [6.45, 7) is -0.218. The second kappa shape index (κ2) is 12.1. The SMILES string of the molecule is COc1ccccc1NC(=O)COc1ccc(/C=N\NC(=O)c2cccc(N(C)C)c2)cc1OC. The summed E-state index contributed by atoms with van der Waals surface area (Å²) in [4.78, 5) is 26.6. The van der Waals surface area contributed by atoms with Crippen LogP contribution in [0.4, 0.5) is 11.4 Å². The van der Waals surface area contributed by atoms with Crippen LogP contribution >= 0.6 is 0 Å². The molecule has 0 bridgehead atoms. The Morgan fingerprint density at radius 2 is 1.69 bits per heavy atom. The Bertz CT molecular complexity index is 1210. The van der Waals surface area contributed by atoms with Crippen molar-refractivity contribution >= 4 is 29.4 Å². The molecule has 3 rings (SSSR count). The van der Waals surface area contributed by atoms with Gasteiger partial charge in [0.15, 0.2) is 18.1 Å². The predicted octanol–water partition coefficient (Wildman–Crippen LogP) is 3.55. The highest BCUT2D eigenvalue weighted by Crippen LogP contribution is 2.28. The molecular weight excluding hydrogens is 448 g/mol. The minimum Gasteiger partial charge on any atom is -0.495 e. The summed E-state index contributed by atoms with van der Waals surface area (Å²) < 4.78 is 16.2. The van der Waals surface area contributed by atoms with Gasteiger partial charge in [0, 0.05) is 25.3 Å². The number of hydrogen-bond donors (Lipinski definition) is 2. The van der Waals surface area contributed by atoms with Crippen LogP contribution in [0.15, 0.2) is 71.8 Å². The largest absolute Gasteiger partial charge is 0.495 e. The summed E-state index contributed by atoms with van der Waals surface area (Å²) in [6, 6.07) is 19.4. The molecule has 0 fully saturated rings. The molecule has 3 aromatic rings. The van der Waals surface area contributed by atoms with Gasteiger partial charge in [-0.1, -0.05) is 18.2 Å². The van der Waals surface area contributed by atoms with E-state index in [4.69, 9.17) is 14.2 Å². The van der Waals surface area contributed by atoms with Gasteiger partial charge in [0.2, 0.25) is 0 Å². The van der Waals surface area contributed by atoms with Crippen molar-refractivity contribution in [2.24, 2.45) is 5.10 Å². The second-order valence-corrected chi connectivity index (χ2v) is 7.59. The number of rotatable bonds is 10. The van der Waals surface area contributed by atoms with Crippen LogP contribution in [-0.4, -0.2) is 53.0 Å². The molecule has 0 aliphatic rings. The highest BCUT2D eigenvalue weighted by molar-refractivity contribution is 5.96. The number of carbonyl (C=O) groups excluding carboxylic acids is 2. The highest BCUT2D eigenvalue weighted by atomic mass is 16.5. The zero-order valence-corrected chi connectivity index (χ0v) is 20.1. The fourth-order valence-corrected chi connectivity index (χ4v) is 3.12. The number of para-hydroxylation sites is 2. The van der Waals surface area contributed by atoms with Gasteiger partial charge in [0.05, 0.1) is 26.1 Å². The average Bonchev–Trinajstić information content (AvgIpc) is 2.88. The van der Waals surface area contributed by atoms with E-state index in [9.17, 15) is 9.59 Å². The summed E-state index contributed by atoms with van der Waals surface area (Å²) in [6.07, 6.45) is 1.49. The minimum absolute atomic E-state index is 0.218. The van der Waals surface area contributed by atoms with Gasteiger partial charge in [-0.3, -0.25) is 9.59 Å². The van der Waals surface area contributed by atoms with Crippen molar-refractivity contribution in [1.29, 1.82) is 0 Å². The molecule has 0 heterocycles. The van der Waals surface area contributed by atoms with Gasteiger partial charge < -0.3 is 24.4 Å². The lowest BCUT2D eigenvalue weighted by Crippen LogP contribution is -2.20. The number of amides is 2. The number of hydrazone groups is 1. The third-order valence-corrected chi connectivity index (χ3v) is 4.93. The number of ether oxygens (including phenoxy) is 3. The van der Waals surface area contributed by atoms with Crippen LogP contribution in [0.3, 0.4) is 0 Å². The molecule has 9 heteroatoms. The lowest BCUT2D eigenvalue weighted by atomic mass is 10.2. The Labute approximate surface area is 204 Å². The van der Waals surface area contributed by atoms with Crippen molar-refractivity contribution in [2.75, 3.05) is 45.1 Å². The van der Waals surface area contributed by atoms with Gasteiger partial charge in [-0.05, 0) is 54.1 Å². The molecule has 0 aliphatic heterocycles. The average molecular weight is 477 g/mol. The molecule has 0 aliphatic carbocycles. The van der Waals surface area contributed by atoms with Crippen LogP contribution in [-0.2, 0) is 4.79 Å². The van der Waals surface area contributed by atoms with Gasteiger partial charge >= 0.3 is 0 Å². The molecular formula is C26H28N4O5. The zero-order chi connectivity index (χ0) is 25.2.